The zero-order chi connectivity index (χ0) is 80.5. The first-order valence-corrected chi connectivity index (χ1v) is 37.1. The first-order chi connectivity index (χ1) is 51.2. The van der Waals surface area contributed by atoms with E-state index in [1.54, 1.807) is 32.9 Å². The summed E-state index contributed by atoms with van der Waals surface area (Å²) in [5.74, 6) is -15.4. The van der Waals surface area contributed by atoms with E-state index in [0.717, 1.165) is 65.6 Å². The monoisotopic (exact) mass is 1550 g/mol. The number of alkyl halides is 6. The van der Waals surface area contributed by atoms with Gasteiger partial charge in [0.15, 0.2) is 0 Å². The summed E-state index contributed by atoms with van der Waals surface area (Å²) >= 11 is 0. The van der Waals surface area contributed by atoms with Crippen molar-refractivity contribution in [2.24, 2.45) is 11.8 Å². The molecule has 0 radical (unpaired) electrons. The van der Waals surface area contributed by atoms with E-state index >= 15 is 37.5 Å². The Hall–Kier alpha value is -8.82. The number of carbonyl (C=O) groups excluding carboxylic acids is 12. The van der Waals surface area contributed by atoms with Gasteiger partial charge in [0.2, 0.25) is 70.9 Å². The fourth-order valence-electron chi connectivity index (χ4n) is 15.0. The van der Waals surface area contributed by atoms with E-state index in [1.165, 1.54) is 59.1 Å². The lowest BCUT2D eigenvalue weighted by Gasteiger charge is -2.46. The maximum Gasteiger partial charge on any atom is 0.422 e. The van der Waals surface area contributed by atoms with Crippen LogP contribution in [0.25, 0.3) is 0 Å². The highest BCUT2D eigenvalue weighted by molar-refractivity contribution is 6.01. The number of likely N-dealkylation sites (N-methyl/N-ethyl adjacent to an activating group) is 7. The van der Waals surface area contributed by atoms with Crippen molar-refractivity contribution >= 4 is 70.9 Å². The number of amides is 12. The third-order valence-corrected chi connectivity index (χ3v) is 22.0. The Labute approximate surface area is 629 Å². The van der Waals surface area contributed by atoms with E-state index in [9.17, 15) is 55.1 Å². The molecule has 12 amide bonds. The van der Waals surface area contributed by atoms with E-state index in [2.05, 4.69) is 16.0 Å². The minimum absolute atomic E-state index is 0.0280. The minimum Gasteiger partial charge on any atom is -0.377 e. The van der Waals surface area contributed by atoms with Crippen LogP contribution in [0.2, 0.25) is 0 Å². The molecule has 2 bridgehead atoms. The Morgan fingerprint density at radius 2 is 1.28 bits per heavy atom. The number of nitrogens with one attached hydrogen (secondary N) is 3. The lowest BCUT2D eigenvalue weighted by molar-refractivity contribution is -0.158. The topological polar surface area (TPSA) is 289 Å². The van der Waals surface area contributed by atoms with Gasteiger partial charge in [-0.2, -0.15) is 26.3 Å². The fourth-order valence-corrected chi connectivity index (χ4v) is 15.0. The Kier molecular flexibility index (Phi) is 28.6. The SMILES string of the molecule is CCO[C@@H]1C[C@H]2C(=O)NC3(CCC3)C(=O)N(C)[C@@H](C3CCCC3)C(=O)N(C)[C@H](C(=O)N(C)C)CC(=O)N(C)[C@@H](COC3CC3)C(=O)N[C@@H]([C@@H](C)CC)C(=O)N(C)CC(=O)N(C)[C@H]3C/C=C\CCN(C3=O)[C@@H](Cc3ccc(C(F)(F)F)cc3)C(=O)N(C)CC(=O)N[C@@H](CCc3cc(F)c(C(F)(F)F)c(F)c3)C(=O)N2C1. The summed E-state index contributed by atoms with van der Waals surface area (Å²) in [6.45, 7) is 2.48. The maximum absolute atomic E-state index is 15.5. The maximum atomic E-state index is 15.5. The third kappa shape index (κ3) is 20.6. The second-order valence-corrected chi connectivity index (χ2v) is 29.9. The van der Waals surface area contributed by atoms with Crippen molar-refractivity contribution < 1.29 is 102 Å². The fraction of sp³-hybridized carbons (Fsp3) is 0.653. The Balaban J connectivity index is 1.22. The third-order valence-electron chi connectivity index (χ3n) is 22.0. The Bertz CT molecular complexity index is 3700. The molecule has 8 rings (SSSR count). The number of ether oxygens (including phenoxy) is 2. The van der Waals surface area contributed by atoms with Gasteiger partial charge >= 0.3 is 12.4 Å². The highest BCUT2D eigenvalue weighted by Gasteiger charge is 2.54. The lowest BCUT2D eigenvalue weighted by atomic mass is 9.74. The highest BCUT2D eigenvalue weighted by atomic mass is 19.4. The van der Waals surface area contributed by atoms with Crippen molar-refractivity contribution in [3.63, 3.8) is 0 Å². The predicted molar refractivity (Wildman–Crippen MR) is 378 cm³/mol. The summed E-state index contributed by atoms with van der Waals surface area (Å²) in [4.78, 5) is 190. The molecule has 3 aliphatic carbocycles. The smallest absolute Gasteiger partial charge is 0.377 e. The molecule has 34 heteroatoms. The molecule has 0 aromatic heterocycles. The average molecular weight is 1550 g/mol. The molecule has 109 heavy (non-hydrogen) atoms. The van der Waals surface area contributed by atoms with Gasteiger partial charge in [-0.1, -0.05) is 57.4 Å². The van der Waals surface area contributed by atoms with Crippen LogP contribution in [0.5, 0.6) is 0 Å². The molecule has 5 fully saturated rings. The Morgan fingerprint density at radius 3 is 1.85 bits per heavy atom. The number of aryl methyl sites for hydroxylation is 1. The quantitative estimate of drug-likeness (QED) is 0.168. The second kappa shape index (κ2) is 36.3. The molecule has 10 atom stereocenters. The molecule has 2 aromatic rings. The van der Waals surface area contributed by atoms with Gasteiger partial charge in [0.25, 0.3) is 0 Å². The molecule has 0 unspecified atom stereocenters. The van der Waals surface area contributed by atoms with Crippen molar-refractivity contribution in [1.29, 1.82) is 0 Å². The molecule has 3 N–H and O–H groups in total. The highest BCUT2D eigenvalue weighted by Crippen LogP contribution is 2.40. The van der Waals surface area contributed by atoms with Crippen molar-refractivity contribution in [1.82, 2.24) is 60.0 Å². The number of benzene rings is 2. The van der Waals surface area contributed by atoms with Crippen molar-refractivity contribution in [2.75, 3.05) is 95.8 Å². The zero-order valence-electron chi connectivity index (χ0n) is 63.6. The summed E-state index contributed by atoms with van der Waals surface area (Å²) in [6, 6.07) is -7.61. The van der Waals surface area contributed by atoms with E-state index in [-0.39, 0.29) is 70.1 Å². The van der Waals surface area contributed by atoms with Crippen LogP contribution >= 0.6 is 0 Å². The summed E-state index contributed by atoms with van der Waals surface area (Å²) in [6.07, 6.45) is -6.59. The number of fused-ring (bicyclic) bond motifs is 3. The van der Waals surface area contributed by atoms with Crippen LogP contribution in [0.15, 0.2) is 48.6 Å². The number of hydrogen-bond donors (Lipinski definition) is 3. The van der Waals surface area contributed by atoms with E-state index in [0.29, 0.717) is 63.5 Å². The number of carbonyl (C=O) groups is 12. The van der Waals surface area contributed by atoms with Gasteiger partial charge in [0.05, 0.1) is 43.9 Å². The first kappa shape index (κ1) is 85.8. The summed E-state index contributed by atoms with van der Waals surface area (Å²) in [5, 5.41) is 8.22. The molecule has 3 heterocycles. The van der Waals surface area contributed by atoms with Gasteiger partial charge < -0.3 is 69.5 Å². The van der Waals surface area contributed by atoms with Crippen LogP contribution in [0.3, 0.4) is 0 Å². The van der Waals surface area contributed by atoms with Crippen LogP contribution in [0, 0.1) is 23.5 Å². The van der Waals surface area contributed by atoms with Crippen LogP contribution in [-0.2, 0) is 92.2 Å². The van der Waals surface area contributed by atoms with Crippen LogP contribution in [-0.4, -0.2) is 277 Å². The van der Waals surface area contributed by atoms with Gasteiger partial charge in [-0.3, -0.25) is 57.5 Å². The molecule has 3 saturated carbocycles. The number of nitrogens with zero attached hydrogens (tertiary/aromatic N) is 9. The molecule has 1 spiro atoms. The van der Waals surface area contributed by atoms with Crippen LogP contribution in [0.4, 0.5) is 35.1 Å². The Morgan fingerprint density at radius 1 is 0.651 bits per heavy atom. The lowest BCUT2D eigenvalue weighted by Crippen LogP contribution is -2.68. The standard InChI is InChI=1S/C75H102F8N12O14/c1-12-43(3)62-70(105)89(7)41-60(98)90(8)53-22-15-14-18-33-94(69(53)104)56(36-44-23-26-47(27-24-44)74(78,79)80)68(103)88(6)40-58(96)84-52(30-25-45-34-50(76)61(51(77)35-45)75(81,82)83)66(101)95-39-49(108-13-2)37-54(95)65(100)86-73(31-19-32-73)72(107)93(11)63(46-20-16-17-21-46)71(106)92(10)55(67(102)87(4)5)38-59(97)91(9)57(64(99)85-62)42-109-48-28-29-48/h14-15,23-24,26-27,34-35,43,46,48-49,52-57,62-63H,12-13,16-22,25,28-33,36-42H2,1-11H3,(H,84,96)(H,85,99)(H,86,100)/b15-14-/t43-,49+,52-,53-,54-,55-,56-,57-,62-,63-/m0/s1. The molecular weight excluding hydrogens is 1440 g/mol. The second-order valence-electron chi connectivity index (χ2n) is 29.9. The summed E-state index contributed by atoms with van der Waals surface area (Å²) < 4.78 is 126. The molecular formula is C75H102F8N12O14. The first-order valence-electron chi connectivity index (χ1n) is 37.1. The largest absolute Gasteiger partial charge is 0.422 e. The van der Waals surface area contributed by atoms with Gasteiger partial charge in [-0.15, -0.1) is 0 Å². The molecule has 602 valence electrons. The van der Waals surface area contributed by atoms with E-state index in [4.69, 9.17) is 9.47 Å². The molecule has 3 aliphatic heterocycles. The van der Waals surface area contributed by atoms with Gasteiger partial charge in [0.1, 0.15) is 71.1 Å². The van der Waals surface area contributed by atoms with Gasteiger partial charge in [0, 0.05) is 88.9 Å². The van der Waals surface area contributed by atoms with Gasteiger partial charge in [-0.05, 0) is 125 Å². The summed E-state index contributed by atoms with van der Waals surface area (Å²) in [7, 11) is 10.6. The number of halogens is 8. The van der Waals surface area contributed by atoms with Crippen molar-refractivity contribution in [3.8, 4) is 0 Å². The minimum atomic E-state index is -5.46. The number of rotatable bonds is 14. The molecule has 2 aromatic carbocycles. The van der Waals surface area contributed by atoms with Crippen LogP contribution in [0.1, 0.15) is 139 Å². The van der Waals surface area contributed by atoms with Crippen LogP contribution < -0.4 is 16.0 Å². The zero-order valence-corrected chi connectivity index (χ0v) is 63.6. The predicted octanol–water partition coefficient (Wildman–Crippen LogP) is 4.87. The van der Waals surface area contributed by atoms with E-state index < -0.39 is 222 Å². The number of hydrogen-bond acceptors (Lipinski definition) is 14. The molecule has 6 aliphatic rings. The van der Waals surface area contributed by atoms with Crippen molar-refractivity contribution in [3.05, 3.63) is 82.4 Å². The van der Waals surface area contributed by atoms with E-state index in [1.807, 2.05) is 0 Å². The average Bonchev–Trinajstić information content (AvgIpc) is 1.66. The summed E-state index contributed by atoms with van der Waals surface area (Å²) in [5.41, 5.74) is -5.27. The molecule has 26 nitrogen and oxygen atoms in total. The molecule has 2 saturated heterocycles. The normalized spacial score (nSPS) is 26.6. The van der Waals surface area contributed by atoms with Crippen molar-refractivity contribution in [2.45, 2.75) is 208 Å². The van der Waals surface area contributed by atoms with Gasteiger partial charge in [-0.25, -0.2) is 8.78 Å².